The Morgan fingerprint density at radius 3 is 2.12 bits per heavy atom. The average Bonchev–Trinajstić information content (AvgIpc) is 2.45. The monoisotopic (exact) mass is 353 g/mol. The van der Waals surface area contributed by atoms with Crippen LogP contribution in [0.1, 0.15) is 51.7 Å². The van der Waals surface area contributed by atoms with Crippen molar-refractivity contribution in [3.63, 3.8) is 0 Å². The summed E-state index contributed by atoms with van der Waals surface area (Å²) in [5.41, 5.74) is 0.0366. The Labute approximate surface area is 145 Å². The smallest absolute Gasteiger partial charge is 0.423 e. The van der Waals surface area contributed by atoms with Gasteiger partial charge in [-0.2, -0.15) is 18.2 Å². The Balaban J connectivity index is 2.31. The van der Waals surface area contributed by atoms with Gasteiger partial charge in [-0.3, -0.25) is 0 Å². The number of benzene rings is 1. The van der Waals surface area contributed by atoms with Crippen LogP contribution in [0.25, 0.3) is 0 Å². The number of nitrogens with one attached hydrogen (secondary N) is 1. The third-order valence-electron chi connectivity index (χ3n) is 3.30. The van der Waals surface area contributed by atoms with E-state index in [1.165, 1.54) is 0 Å². The van der Waals surface area contributed by atoms with E-state index in [1.807, 2.05) is 24.3 Å². The molecule has 4 nitrogen and oxygen atoms in total. The molecule has 0 amide bonds. The van der Waals surface area contributed by atoms with E-state index in [1.54, 1.807) is 20.8 Å². The van der Waals surface area contributed by atoms with Crippen molar-refractivity contribution in [3.8, 4) is 5.88 Å². The summed E-state index contributed by atoms with van der Waals surface area (Å²) in [5, 5.41) is 2.91. The zero-order valence-corrected chi connectivity index (χ0v) is 14.9. The number of rotatable bonds is 4. The second kappa shape index (κ2) is 6.90. The topological polar surface area (TPSA) is 47.0 Å². The first-order chi connectivity index (χ1) is 11.5. The molecular formula is C18H22F3N3O. The van der Waals surface area contributed by atoms with Crippen LogP contribution in [-0.2, 0) is 6.18 Å². The van der Waals surface area contributed by atoms with Gasteiger partial charge in [0.05, 0.1) is 0 Å². The molecule has 2 aromatic rings. The van der Waals surface area contributed by atoms with Crippen LogP contribution < -0.4 is 10.1 Å². The molecular weight excluding hydrogens is 331 g/mol. The molecule has 0 unspecified atom stereocenters. The largest absolute Gasteiger partial charge is 0.471 e. The molecule has 0 saturated carbocycles. The summed E-state index contributed by atoms with van der Waals surface area (Å²) < 4.78 is 44.7. The highest BCUT2D eigenvalue weighted by Crippen LogP contribution is 2.36. The summed E-state index contributed by atoms with van der Waals surface area (Å²) in [7, 11) is 0. The van der Waals surface area contributed by atoms with Gasteiger partial charge in [0.2, 0.25) is 11.8 Å². The number of alkyl halides is 3. The van der Waals surface area contributed by atoms with E-state index in [0.717, 1.165) is 11.8 Å². The van der Waals surface area contributed by atoms with E-state index in [-0.39, 0.29) is 5.95 Å². The SMILES string of the molecule is CC(C)c1ccc(Nc2ncc(C(F)(F)F)c(OC(C)(C)C)n2)cc1. The lowest BCUT2D eigenvalue weighted by Gasteiger charge is -2.23. The van der Waals surface area contributed by atoms with Gasteiger partial charge in [-0.25, -0.2) is 4.98 Å². The molecule has 0 spiro atoms. The van der Waals surface area contributed by atoms with Crippen LogP contribution in [0.3, 0.4) is 0 Å². The zero-order chi connectivity index (χ0) is 18.8. The molecule has 0 fully saturated rings. The fourth-order valence-corrected chi connectivity index (χ4v) is 2.07. The quantitative estimate of drug-likeness (QED) is 0.784. The Kier molecular flexibility index (Phi) is 5.25. The first-order valence-electron chi connectivity index (χ1n) is 7.96. The van der Waals surface area contributed by atoms with Crippen LogP contribution in [0.15, 0.2) is 30.5 Å². The van der Waals surface area contributed by atoms with Gasteiger partial charge in [0.25, 0.3) is 0 Å². The van der Waals surface area contributed by atoms with Crippen molar-refractivity contribution < 1.29 is 17.9 Å². The van der Waals surface area contributed by atoms with Gasteiger partial charge >= 0.3 is 6.18 Å². The molecule has 136 valence electrons. The van der Waals surface area contributed by atoms with Crippen LogP contribution in [-0.4, -0.2) is 15.6 Å². The molecule has 0 aliphatic carbocycles. The second-order valence-corrected chi connectivity index (χ2v) is 7.03. The number of halogens is 3. The van der Waals surface area contributed by atoms with E-state index in [9.17, 15) is 13.2 Å². The molecule has 25 heavy (non-hydrogen) atoms. The molecule has 0 radical (unpaired) electrons. The van der Waals surface area contributed by atoms with E-state index < -0.39 is 23.2 Å². The first kappa shape index (κ1) is 19.0. The maximum absolute atomic E-state index is 13.1. The van der Waals surface area contributed by atoms with Gasteiger partial charge in [-0.15, -0.1) is 0 Å². The predicted molar refractivity (Wildman–Crippen MR) is 91.2 cm³/mol. The highest BCUT2D eigenvalue weighted by atomic mass is 19.4. The van der Waals surface area contributed by atoms with E-state index in [0.29, 0.717) is 11.6 Å². The number of nitrogens with zero attached hydrogens (tertiary/aromatic N) is 2. The maximum atomic E-state index is 13.1. The molecule has 0 aliphatic heterocycles. The minimum absolute atomic E-state index is 0.0459. The summed E-state index contributed by atoms with van der Waals surface area (Å²) in [6.07, 6.45) is -3.85. The summed E-state index contributed by atoms with van der Waals surface area (Å²) in [5.74, 6) is -0.0518. The van der Waals surface area contributed by atoms with Crippen molar-refractivity contribution in [2.24, 2.45) is 0 Å². The first-order valence-corrected chi connectivity index (χ1v) is 7.96. The number of hydrogen-bond donors (Lipinski definition) is 1. The van der Waals surface area contributed by atoms with Gasteiger partial charge in [0.15, 0.2) is 0 Å². The summed E-state index contributed by atoms with van der Waals surface area (Å²) in [6, 6.07) is 7.56. The summed E-state index contributed by atoms with van der Waals surface area (Å²) in [6.45, 7) is 9.14. The van der Waals surface area contributed by atoms with Crippen LogP contribution in [0.4, 0.5) is 24.8 Å². The maximum Gasteiger partial charge on any atom is 0.423 e. The van der Waals surface area contributed by atoms with Crippen molar-refractivity contribution in [2.75, 3.05) is 5.32 Å². The van der Waals surface area contributed by atoms with Crippen LogP contribution in [0.2, 0.25) is 0 Å². The predicted octanol–water partition coefficient (Wildman–Crippen LogP) is 5.54. The van der Waals surface area contributed by atoms with Gasteiger partial charge in [0, 0.05) is 11.9 Å². The standard InChI is InChI=1S/C18H22F3N3O/c1-11(2)12-6-8-13(9-7-12)23-16-22-10-14(18(19,20)21)15(24-16)25-17(3,4)5/h6-11H,1-5H3,(H,22,23,24). The molecule has 0 saturated heterocycles. The zero-order valence-electron chi connectivity index (χ0n) is 14.9. The molecule has 2 rings (SSSR count). The Morgan fingerprint density at radius 1 is 1.04 bits per heavy atom. The number of hydrogen-bond acceptors (Lipinski definition) is 4. The third-order valence-corrected chi connectivity index (χ3v) is 3.30. The minimum atomic E-state index is -4.59. The van der Waals surface area contributed by atoms with Crippen LogP contribution in [0.5, 0.6) is 5.88 Å². The lowest BCUT2D eigenvalue weighted by atomic mass is 10.0. The number of ether oxygens (including phenoxy) is 1. The highest BCUT2D eigenvalue weighted by Gasteiger charge is 2.37. The van der Waals surface area contributed by atoms with Crippen molar-refractivity contribution in [3.05, 3.63) is 41.6 Å². The molecule has 0 bridgehead atoms. The number of aromatic nitrogens is 2. The Morgan fingerprint density at radius 2 is 1.64 bits per heavy atom. The Bertz CT molecular complexity index is 720. The van der Waals surface area contributed by atoms with Crippen LogP contribution in [0, 0.1) is 0 Å². The van der Waals surface area contributed by atoms with Crippen molar-refractivity contribution >= 4 is 11.6 Å². The molecule has 1 N–H and O–H groups in total. The fraction of sp³-hybridized carbons (Fsp3) is 0.444. The van der Waals surface area contributed by atoms with Gasteiger partial charge in [-0.05, 0) is 44.4 Å². The normalized spacial score (nSPS) is 12.4. The third kappa shape index (κ3) is 5.34. The fourth-order valence-electron chi connectivity index (χ4n) is 2.07. The van der Waals surface area contributed by atoms with E-state index >= 15 is 0 Å². The van der Waals surface area contributed by atoms with Gasteiger partial charge in [0.1, 0.15) is 11.2 Å². The van der Waals surface area contributed by atoms with E-state index in [2.05, 4.69) is 29.1 Å². The lowest BCUT2D eigenvalue weighted by molar-refractivity contribution is -0.140. The lowest BCUT2D eigenvalue weighted by Crippen LogP contribution is -2.26. The van der Waals surface area contributed by atoms with Crippen molar-refractivity contribution in [2.45, 2.75) is 52.3 Å². The Hall–Kier alpha value is -2.31. The summed E-state index contributed by atoms with van der Waals surface area (Å²) >= 11 is 0. The minimum Gasteiger partial charge on any atom is -0.471 e. The average molecular weight is 353 g/mol. The van der Waals surface area contributed by atoms with Crippen molar-refractivity contribution in [1.29, 1.82) is 0 Å². The van der Waals surface area contributed by atoms with Gasteiger partial charge < -0.3 is 10.1 Å². The highest BCUT2D eigenvalue weighted by molar-refractivity contribution is 5.54. The molecule has 0 aliphatic rings. The molecule has 0 atom stereocenters. The molecule has 1 aromatic heterocycles. The molecule has 7 heteroatoms. The summed E-state index contributed by atoms with van der Waals surface area (Å²) in [4.78, 5) is 7.68. The van der Waals surface area contributed by atoms with Crippen LogP contribution >= 0.6 is 0 Å². The van der Waals surface area contributed by atoms with Gasteiger partial charge in [-0.1, -0.05) is 26.0 Å². The molecule has 1 aromatic carbocycles. The molecule has 1 heterocycles. The van der Waals surface area contributed by atoms with Crippen molar-refractivity contribution in [1.82, 2.24) is 9.97 Å². The van der Waals surface area contributed by atoms with E-state index in [4.69, 9.17) is 4.74 Å². The second-order valence-electron chi connectivity index (χ2n) is 7.03. The number of anilines is 2.